The highest BCUT2D eigenvalue weighted by molar-refractivity contribution is 9.10. The van der Waals surface area contributed by atoms with Gasteiger partial charge in [0.25, 0.3) is 0 Å². The van der Waals surface area contributed by atoms with E-state index in [1.165, 1.54) is 0 Å². The zero-order chi connectivity index (χ0) is 12.9. The molecule has 1 aliphatic carbocycles. The standard InChI is InChI=1S/C11H11BrN4O2/c12-5-3-14-11(13)8-9(5)16(4-15-8)6-1-2-7(17)10(6)18/h1,3-4,7,10,17-18H,2H2,(H2,13,14)/t7-,10+/m1/s1. The van der Waals surface area contributed by atoms with Gasteiger partial charge in [0.15, 0.2) is 5.82 Å². The molecule has 4 N–H and O–H groups in total. The number of aromatic nitrogens is 3. The third-order valence-corrected chi connectivity index (χ3v) is 3.65. The van der Waals surface area contributed by atoms with Gasteiger partial charge in [0.1, 0.15) is 17.9 Å². The van der Waals surface area contributed by atoms with Crippen LogP contribution in [0.4, 0.5) is 5.82 Å². The summed E-state index contributed by atoms with van der Waals surface area (Å²) in [7, 11) is 0. The molecule has 0 bridgehead atoms. The van der Waals surface area contributed by atoms with Crippen molar-refractivity contribution in [2.24, 2.45) is 0 Å². The lowest BCUT2D eigenvalue weighted by molar-refractivity contribution is 0.0636. The second-order valence-electron chi connectivity index (χ2n) is 4.18. The molecule has 3 rings (SSSR count). The monoisotopic (exact) mass is 310 g/mol. The highest BCUT2D eigenvalue weighted by Crippen LogP contribution is 2.32. The Morgan fingerprint density at radius 3 is 2.83 bits per heavy atom. The molecule has 2 aromatic heterocycles. The fourth-order valence-corrected chi connectivity index (χ4v) is 2.62. The molecular formula is C11H11BrN4O2. The highest BCUT2D eigenvalue weighted by atomic mass is 79.9. The van der Waals surface area contributed by atoms with Gasteiger partial charge in [0.05, 0.1) is 21.8 Å². The molecule has 6 nitrogen and oxygen atoms in total. The quantitative estimate of drug-likeness (QED) is 0.722. The van der Waals surface area contributed by atoms with Crippen molar-refractivity contribution in [2.75, 3.05) is 5.73 Å². The molecule has 18 heavy (non-hydrogen) atoms. The number of anilines is 1. The van der Waals surface area contributed by atoms with Crippen molar-refractivity contribution in [1.82, 2.24) is 14.5 Å². The van der Waals surface area contributed by atoms with Crippen LogP contribution in [0.1, 0.15) is 6.42 Å². The second-order valence-corrected chi connectivity index (χ2v) is 5.03. The van der Waals surface area contributed by atoms with Crippen molar-refractivity contribution in [3.8, 4) is 0 Å². The molecule has 0 fully saturated rings. The average Bonchev–Trinajstić information content (AvgIpc) is 2.91. The van der Waals surface area contributed by atoms with E-state index in [0.29, 0.717) is 23.5 Å². The molecular weight excluding hydrogens is 300 g/mol. The number of hydrogen-bond donors (Lipinski definition) is 3. The van der Waals surface area contributed by atoms with Crippen molar-refractivity contribution in [3.05, 3.63) is 23.1 Å². The molecule has 0 spiro atoms. The number of aliphatic hydroxyl groups excluding tert-OH is 2. The van der Waals surface area contributed by atoms with Crippen molar-refractivity contribution >= 4 is 38.5 Å². The van der Waals surface area contributed by atoms with Gasteiger partial charge in [-0.05, 0) is 22.4 Å². The van der Waals surface area contributed by atoms with Gasteiger partial charge in [-0.15, -0.1) is 0 Å². The highest BCUT2D eigenvalue weighted by Gasteiger charge is 2.28. The summed E-state index contributed by atoms with van der Waals surface area (Å²) in [4.78, 5) is 8.20. The van der Waals surface area contributed by atoms with Crippen molar-refractivity contribution < 1.29 is 10.2 Å². The fraction of sp³-hybridized carbons (Fsp3) is 0.273. The van der Waals surface area contributed by atoms with Crippen LogP contribution < -0.4 is 5.73 Å². The molecule has 0 radical (unpaired) electrons. The first kappa shape index (κ1) is 11.6. The van der Waals surface area contributed by atoms with Crippen LogP contribution in [-0.4, -0.2) is 37.0 Å². The maximum absolute atomic E-state index is 9.92. The average molecular weight is 311 g/mol. The maximum atomic E-state index is 9.92. The van der Waals surface area contributed by atoms with E-state index in [1.807, 2.05) is 0 Å². The number of nitrogens with two attached hydrogens (primary N) is 1. The Balaban J connectivity index is 2.23. The van der Waals surface area contributed by atoms with E-state index in [2.05, 4.69) is 25.9 Å². The number of rotatable bonds is 1. The lowest BCUT2D eigenvalue weighted by atomic mass is 10.2. The summed E-state index contributed by atoms with van der Waals surface area (Å²) in [5, 5.41) is 19.5. The van der Waals surface area contributed by atoms with Crippen molar-refractivity contribution in [1.29, 1.82) is 0 Å². The van der Waals surface area contributed by atoms with Gasteiger partial charge in [-0.25, -0.2) is 9.97 Å². The number of hydrogen-bond acceptors (Lipinski definition) is 5. The molecule has 94 valence electrons. The Morgan fingerprint density at radius 2 is 2.17 bits per heavy atom. The molecule has 0 saturated heterocycles. The first-order chi connectivity index (χ1) is 8.59. The van der Waals surface area contributed by atoms with Gasteiger partial charge in [-0.2, -0.15) is 0 Å². The Bertz CT molecular complexity index is 652. The van der Waals surface area contributed by atoms with Crippen LogP contribution in [0.5, 0.6) is 0 Å². The maximum Gasteiger partial charge on any atom is 0.151 e. The van der Waals surface area contributed by atoms with Crippen molar-refractivity contribution in [3.63, 3.8) is 0 Å². The van der Waals surface area contributed by atoms with Crippen LogP contribution in [0.15, 0.2) is 23.1 Å². The lowest BCUT2D eigenvalue weighted by Gasteiger charge is -2.14. The predicted molar refractivity (Wildman–Crippen MR) is 70.5 cm³/mol. The third kappa shape index (κ3) is 1.55. The van der Waals surface area contributed by atoms with E-state index >= 15 is 0 Å². The van der Waals surface area contributed by atoms with Crippen LogP contribution in [-0.2, 0) is 0 Å². The largest absolute Gasteiger partial charge is 0.390 e. The first-order valence-corrected chi connectivity index (χ1v) is 6.22. The second kappa shape index (κ2) is 4.04. The van der Waals surface area contributed by atoms with Gasteiger partial charge in [-0.3, -0.25) is 4.57 Å². The number of nitrogens with zero attached hydrogens (tertiary/aromatic N) is 3. The van der Waals surface area contributed by atoms with E-state index in [1.54, 1.807) is 23.2 Å². The Labute approximate surface area is 111 Å². The summed E-state index contributed by atoms with van der Waals surface area (Å²) in [5.41, 5.74) is 7.67. The van der Waals surface area contributed by atoms with Gasteiger partial charge in [0, 0.05) is 6.20 Å². The van der Waals surface area contributed by atoms with Gasteiger partial charge in [-0.1, -0.05) is 6.08 Å². The number of halogens is 1. The molecule has 7 heteroatoms. The van der Waals surface area contributed by atoms with E-state index in [0.717, 1.165) is 9.99 Å². The summed E-state index contributed by atoms with van der Waals surface area (Å²) in [5.74, 6) is 0.334. The topological polar surface area (TPSA) is 97.2 Å². The minimum absolute atomic E-state index is 0.334. The molecule has 0 aliphatic heterocycles. The lowest BCUT2D eigenvalue weighted by Crippen LogP contribution is -2.23. The molecule has 0 unspecified atom stereocenters. The molecule has 2 aromatic rings. The van der Waals surface area contributed by atoms with Crippen LogP contribution in [0.25, 0.3) is 16.7 Å². The van der Waals surface area contributed by atoms with E-state index in [4.69, 9.17) is 5.73 Å². The summed E-state index contributed by atoms with van der Waals surface area (Å²) < 4.78 is 2.46. The normalized spacial score (nSPS) is 23.6. The van der Waals surface area contributed by atoms with Gasteiger partial charge >= 0.3 is 0 Å². The van der Waals surface area contributed by atoms with Gasteiger partial charge < -0.3 is 15.9 Å². The molecule has 1 aliphatic rings. The summed E-state index contributed by atoms with van der Waals surface area (Å²) in [6.07, 6.45) is 3.70. The summed E-state index contributed by atoms with van der Waals surface area (Å²) in [6, 6.07) is 0. The minimum atomic E-state index is -0.913. The third-order valence-electron chi connectivity index (χ3n) is 3.07. The molecule has 2 heterocycles. The van der Waals surface area contributed by atoms with Crippen LogP contribution in [0, 0.1) is 0 Å². The van der Waals surface area contributed by atoms with E-state index in [9.17, 15) is 10.2 Å². The van der Waals surface area contributed by atoms with Crippen molar-refractivity contribution in [2.45, 2.75) is 18.6 Å². The molecule has 0 saturated carbocycles. The SMILES string of the molecule is Nc1ncc(Br)c2c1ncn2C1=CC[C@@H](O)[C@H]1O. The number of fused-ring (bicyclic) bond motifs is 1. The van der Waals surface area contributed by atoms with Crippen LogP contribution >= 0.6 is 15.9 Å². The van der Waals surface area contributed by atoms with E-state index < -0.39 is 12.2 Å². The number of aliphatic hydroxyl groups is 2. The molecule has 0 aromatic carbocycles. The zero-order valence-corrected chi connectivity index (χ0v) is 10.9. The van der Waals surface area contributed by atoms with Gasteiger partial charge in [0.2, 0.25) is 0 Å². The molecule has 0 amide bonds. The Hall–Kier alpha value is -1.44. The molecule has 2 atom stereocenters. The summed E-state index contributed by atoms with van der Waals surface area (Å²) in [6.45, 7) is 0. The minimum Gasteiger partial charge on any atom is -0.390 e. The first-order valence-electron chi connectivity index (χ1n) is 5.43. The number of imidazole rings is 1. The number of pyridine rings is 1. The Kier molecular flexibility index (Phi) is 2.61. The number of nitrogen functional groups attached to an aromatic ring is 1. The zero-order valence-electron chi connectivity index (χ0n) is 9.29. The van der Waals surface area contributed by atoms with Crippen LogP contribution in [0.2, 0.25) is 0 Å². The van der Waals surface area contributed by atoms with E-state index in [-0.39, 0.29) is 0 Å². The smallest absolute Gasteiger partial charge is 0.151 e. The van der Waals surface area contributed by atoms with Crippen LogP contribution in [0.3, 0.4) is 0 Å². The summed E-state index contributed by atoms with van der Waals surface area (Å²) >= 11 is 3.39. The predicted octanol–water partition coefficient (Wildman–Crippen LogP) is 0.742. The fourth-order valence-electron chi connectivity index (χ4n) is 2.14. The Morgan fingerprint density at radius 1 is 1.39 bits per heavy atom.